The summed E-state index contributed by atoms with van der Waals surface area (Å²) in [5, 5.41) is 0. The molecule has 0 saturated carbocycles. The lowest BCUT2D eigenvalue weighted by atomic mass is 10.2. The van der Waals surface area contributed by atoms with Gasteiger partial charge in [0.25, 0.3) is 0 Å². The summed E-state index contributed by atoms with van der Waals surface area (Å²) in [6, 6.07) is 0. The van der Waals surface area contributed by atoms with Gasteiger partial charge in [0, 0.05) is 6.42 Å². The fourth-order valence-electron chi connectivity index (χ4n) is 0.535. The normalized spacial score (nSPS) is 13.4. The molecule has 0 radical (unpaired) electrons. The van der Waals surface area contributed by atoms with E-state index in [1.54, 1.807) is 19.1 Å². The number of hydrogen-bond donors (Lipinski definition) is 0. The molecule has 0 saturated heterocycles. The SMILES string of the molecule is C#C/C(C)=C\C=C/CC(C)(F)F. The van der Waals surface area contributed by atoms with Crippen molar-refractivity contribution in [1.29, 1.82) is 0 Å². The Kier molecular flexibility index (Phi) is 4.28. The monoisotopic (exact) mass is 170 g/mol. The molecule has 0 rings (SSSR count). The minimum Gasteiger partial charge on any atom is -0.207 e. The van der Waals surface area contributed by atoms with Gasteiger partial charge in [-0.15, -0.1) is 6.42 Å². The van der Waals surface area contributed by atoms with Crippen LogP contribution in [0.5, 0.6) is 0 Å². The van der Waals surface area contributed by atoms with Crippen molar-refractivity contribution in [3.05, 3.63) is 23.8 Å². The van der Waals surface area contributed by atoms with Gasteiger partial charge in [0.15, 0.2) is 0 Å². The van der Waals surface area contributed by atoms with Gasteiger partial charge in [-0.3, -0.25) is 0 Å². The number of hydrogen-bond acceptors (Lipinski definition) is 0. The first kappa shape index (κ1) is 10.9. The van der Waals surface area contributed by atoms with E-state index in [2.05, 4.69) is 5.92 Å². The molecule has 0 bridgehead atoms. The van der Waals surface area contributed by atoms with E-state index in [1.165, 1.54) is 6.08 Å². The number of terminal acetylenes is 1. The Morgan fingerprint density at radius 2 is 2.17 bits per heavy atom. The molecule has 0 amide bonds. The molecule has 0 aliphatic carbocycles. The zero-order valence-corrected chi connectivity index (χ0v) is 7.27. The van der Waals surface area contributed by atoms with Crippen LogP contribution < -0.4 is 0 Å². The van der Waals surface area contributed by atoms with Crippen LogP contribution in [0.2, 0.25) is 0 Å². The van der Waals surface area contributed by atoms with Crippen molar-refractivity contribution in [2.24, 2.45) is 0 Å². The molecule has 66 valence electrons. The second-order valence-electron chi connectivity index (χ2n) is 2.70. The Bertz CT molecular complexity index is 223. The van der Waals surface area contributed by atoms with Gasteiger partial charge < -0.3 is 0 Å². The fourth-order valence-corrected chi connectivity index (χ4v) is 0.535. The van der Waals surface area contributed by atoms with Crippen LogP contribution in [0.15, 0.2) is 23.8 Å². The Morgan fingerprint density at radius 3 is 2.58 bits per heavy atom. The predicted octanol–water partition coefficient (Wildman–Crippen LogP) is 3.17. The third kappa shape index (κ3) is 7.01. The van der Waals surface area contributed by atoms with Crippen molar-refractivity contribution in [2.75, 3.05) is 0 Å². The Morgan fingerprint density at radius 1 is 1.58 bits per heavy atom. The molecule has 0 unspecified atom stereocenters. The largest absolute Gasteiger partial charge is 0.248 e. The maximum Gasteiger partial charge on any atom is 0.248 e. The lowest BCUT2D eigenvalue weighted by molar-refractivity contribution is 0.0255. The van der Waals surface area contributed by atoms with E-state index in [0.717, 1.165) is 12.5 Å². The first-order chi connectivity index (χ1) is 5.45. The van der Waals surface area contributed by atoms with Gasteiger partial charge in [-0.25, -0.2) is 8.78 Å². The van der Waals surface area contributed by atoms with Crippen molar-refractivity contribution < 1.29 is 8.78 Å². The Balaban J connectivity index is 3.89. The molecule has 12 heavy (non-hydrogen) atoms. The minimum atomic E-state index is -2.63. The summed E-state index contributed by atoms with van der Waals surface area (Å²) >= 11 is 0. The topological polar surface area (TPSA) is 0 Å². The summed E-state index contributed by atoms with van der Waals surface area (Å²) in [5.74, 6) is -0.246. The van der Waals surface area contributed by atoms with Crippen molar-refractivity contribution in [1.82, 2.24) is 0 Å². The molecule has 0 aromatic carbocycles. The quantitative estimate of drug-likeness (QED) is 0.451. The zero-order valence-electron chi connectivity index (χ0n) is 7.27. The summed E-state index contributed by atoms with van der Waals surface area (Å²) in [5.41, 5.74) is 0.727. The third-order valence-corrected chi connectivity index (χ3v) is 1.19. The number of alkyl halides is 2. The van der Waals surface area contributed by atoms with Crippen molar-refractivity contribution in [3.8, 4) is 12.3 Å². The van der Waals surface area contributed by atoms with E-state index in [1.807, 2.05) is 0 Å². The molecular formula is C10H12F2. The average Bonchev–Trinajstić information content (AvgIpc) is 1.96. The molecule has 0 aromatic rings. The maximum absolute atomic E-state index is 12.2. The lowest BCUT2D eigenvalue weighted by Crippen LogP contribution is -2.06. The smallest absolute Gasteiger partial charge is 0.207 e. The second kappa shape index (κ2) is 4.71. The first-order valence-electron chi connectivity index (χ1n) is 3.63. The summed E-state index contributed by atoms with van der Waals surface area (Å²) in [6.07, 6.45) is 9.37. The molecule has 0 fully saturated rings. The first-order valence-corrected chi connectivity index (χ1v) is 3.63. The van der Waals surface area contributed by atoms with Crippen molar-refractivity contribution in [2.45, 2.75) is 26.2 Å². The maximum atomic E-state index is 12.2. The van der Waals surface area contributed by atoms with Gasteiger partial charge in [0.05, 0.1) is 0 Å². The molecule has 0 N–H and O–H groups in total. The van der Waals surface area contributed by atoms with Gasteiger partial charge in [0.1, 0.15) is 0 Å². The summed E-state index contributed by atoms with van der Waals surface area (Å²) in [7, 11) is 0. The van der Waals surface area contributed by atoms with Crippen molar-refractivity contribution in [3.63, 3.8) is 0 Å². The fraction of sp³-hybridized carbons (Fsp3) is 0.400. The third-order valence-electron chi connectivity index (χ3n) is 1.19. The highest BCUT2D eigenvalue weighted by Crippen LogP contribution is 2.16. The molecule has 0 aliphatic rings. The summed E-state index contributed by atoms with van der Waals surface area (Å²) < 4.78 is 24.4. The Hall–Kier alpha value is -1.10. The standard InChI is InChI=1S/C10H12F2/c1-4-9(2)7-5-6-8-10(3,11)12/h1,5-7H,8H2,2-3H3/b6-5-,9-7-. The Labute approximate surface area is 72.0 Å². The average molecular weight is 170 g/mol. The van der Waals surface area contributed by atoms with Crippen LogP contribution in [-0.2, 0) is 0 Å². The highest BCUT2D eigenvalue weighted by molar-refractivity contribution is 5.26. The molecule has 0 aliphatic heterocycles. The van der Waals surface area contributed by atoms with Crippen LogP contribution in [0.4, 0.5) is 8.78 Å². The van der Waals surface area contributed by atoms with Gasteiger partial charge in [0.2, 0.25) is 5.92 Å². The van der Waals surface area contributed by atoms with E-state index in [0.29, 0.717) is 0 Å². The number of allylic oxidation sites excluding steroid dienone is 4. The van der Waals surface area contributed by atoms with Crippen LogP contribution in [0.25, 0.3) is 0 Å². The van der Waals surface area contributed by atoms with Gasteiger partial charge >= 0.3 is 0 Å². The van der Waals surface area contributed by atoms with E-state index in [4.69, 9.17) is 6.42 Å². The van der Waals surface area contributed by atoms with Gasteiger partial charge in [-0.05, 0) is 19.4 Å². The summed E-state index contributed by atoms with van der Waals surface area (Å²) in [6.45, 7) is 2.63. The second-order valence-corrected chi connectivity index (χ2v) is 2.70. The zero-order chi connectivity index (χ0) is 9.61. The molecule has 0 spiro atoms. The van der Waals surface area contributed by atoms with E-state index in [9.17, 15) is 8.78 Å². The predicted molar refractivity (Wildman–Crippen MR) is 47.0 cm³/mol. The van der Waals surface area contributed by atoms with E-state index >= 15 is 0 Å². The molecule has 2 heteroatoms. The van der Waals surface area contributed by atoms with Crippen LogP contribution in [0.1, 0.15) is 20.3 Å². The highest BCUT2D eigenvalue weighted by atomic mass is 19.3. The van der Waals surface area contributed by atoms with E-state index in [-0.39, 0.29) is 6.42 Å². The highest BCUT2D eigenvalue weighted by Gasteiger charge is 2.17. The molecule has 0 nitrogen and oxygen atoms in total. The number of rotatable bonds is 3. The molecule has 0 heterocycles. The van der Waals surface area contributed by atoms with Crippen LogP contribution in [0.3, 0.4) is 0 Å². The van der Waals surface area contributed by atoms with Gasteiger partial charge in [-0.1, -0.05) is 24.1 Å². The summed E-state index contributed by atoms with van der Waals surface area (Å²) in [4.78, 5) is 0. The van der Waals surface area contributed by atoms with Crippen LogP contribution >= 0.6 is 0 Å². The van der Waals surface area contributed by atoms with Crippen molar-refractivity contribution >= 4 is 0 Å². The molecular weight excluding hydrogens is 158 g/mol. The van der Waals surface area contributed by atoms with E-state index < -0.39 is 5.92 Å². The number of halogens is 2. The van der Waals surface area contributed by atoms with Crippen LogP contribution in [0, 0.1) is 12.3 Å². The molecule has 0 aromatic heterocycles. The van der Waals surface area contributed by atoms with Crippen LogP contribution in [-0.4, -0.2) is 5.92 Å². The molecule has 0 atom stereocenters. The minimum absolute atomic E-state index is 0.249. The van der Waals surface area contributed by atoms with Gasteiger partial charge in [-0.2, -0.15) is 0 Å². The lowest BCUT2D eigenvalue weighted by Gasteiger charge is -2.03.